The van der Waals surface area contributed by atoms with E-state index in [0.29, 0.717) is 24.3 Å². The van der Waals surface area contributed by atoms with Crippen LogP contribution in [0.1, 0.15) is 31.7 Å². The largest absolute Gasteiger partial charge is 0.497 e. The van der Waals surface area contributed by atoms with Gasteiger partial charge in [-0.1, -0.05) is 25.8 Å². The molecule has 4 heteroatoms. The summed E-state index contributed by atoms with van der Waals surface area (Å²) in [6.07, 6.45) is 3.11. The van der Waals surface area contributed by atoms with Gasteiger partial charge in [0, 0.05) is 6.07 Å². The summed E-state index contributed by atoms with van der Waals surface area (Å²) >= 11 is 0. The van der Waals surface area contributed by atoms with E-state index >= 15 is 0 Å². The van der Waals surface area contributed by atoms with Crippen LogP contribution in [-0.4, -0.2) is 25.3 Å². The molecule has 1 aromatic rings. The molecule has 0 heterocycles. The average molecular weight is 266 g/mol. The normalized spacial score (nSPS) is 11.9. The lowest BCUT2D eigenvalue weighted by Gasteiger charge is -2.15. The monoisotopic (exact) mass is 266 g/mol. The fraction of sp³-hybridized carbons (Fsp3) is 0.533. The van der Waals surface area contributed by atoms with E-state index in [0.717, 1.165) is 18.4 Å². The van der Waals surface area contributed by atoms with Crippen molar-refractivity contribution in [1.82, 2.24) is 0 Å². The first-order valence-electron chi connectivity index (χ1n) is 6.56. The van der Waals surface area contributed by atoms with Gasteiger partial charge in [0.1, 0.15) is 11.5 Å². The molecule has 1 atom stereocenters. The fourth-order valence-electron chi connectivity index (χ4n) is 2.05. The molecule has 0 aliphatic carbocycles. The molecule has 0 aromatic heterocycles. The van der Waals surface area contributed by atoms with Gasteiger partial charge in [-0.2, -0.15) is 0 Å². The van der Waals surface area contributed by atoms with Crippen molar-refractivity contribution in [2.24, 2.45) is 5.92 Å². The molecule has 0 radical (unpaired) electrons. The Bertz CT molecular complexity index is 415. The zero-order valence-corrected chi connectivity index (χ0v) is 11.8. The van der Waals surface area contributed by atoms with E-state index in [4.69, 9.17) is 9.47 Å². The third-order valence-corrected chi connectivity index (χ3v) is 3.22. The van der Waals surface area contributed by atoms with Gasteiger partial charge in [-0.05, 0) is 24.5 Å². The summed E-state index contributed by atoms with van der Waals surface area (Å²) in [5.74, 6) is 0.289. The van der Waals surface area contributed by atoms with Crippen molar-refractivity contribution in [3.8, 4) is 11.5 Å². The number of benzene rings is 1. The number of unbranched alkanes of at least 4 members (excludes halogenated alkanes) is 1. The molecule has 0 fully saturated rings. The third kappa shape index (κ3) is 4.47. The zero-order chi connectivity index (χ0) is 14.3. The number of methoxy groups -OCH3 is 2. The molecule has 0 saturated carbocycles. The second kappa shape index (κ2) is 7.67. The molecular formula is C15H22O4. The minimum absolute atomic E-state index is 0.359. The van der Waals surface area contributed by atoms with Crippen LogP contribution in [0, 0.1) is 5.92 Å². The van der Waals surface area contributed by atoms with Crippen molar-refractivity contribution in [2.75, 3.05) is 14.2 Å². The Hall–Kier alpha value is -1.71. The number of carboxylic acid groups (broad SMARTS) is 1. The SMILES string of the molecule is CCCC[C@H](Cc1ccc(OC)cc1OC)C(=O)O. The van der Waals surface area contributed by atoms with Crippen molar-refractivity contribution in [3.05, 3.63) is 23.8 Å². The molecule has 1 N–H and O–H groups in total. The van der Waals surface area contributed by atoms with Crippen molar-refractivity contribution in [1.29, 1.82) is 0 Å². The lowest BCUT2D eigenvalue weighted by atomic mass is 9.94. The standard InChI is InChI=1S/C15H22O4/c1-4-5-6-12(15(16)17)9-11-7-8-13(18-2)10-14(11)19-3/h7-8,10,12H,4-6,9H2,1-3H3,(H,16,17)/t12-/m1/s1. The van der Waals surface area contributed by atoms with Crippen LogP contribution in [0.5, 0.6) is 11.5 Å². The van der Waals surface area contributed by atoms with Crippen molar-refractivity contribution < 1.29 is 19.4 Å². The number of hydrogen-bond donors (Lipinski definition) is 1. The van der Waals surface area contributed by atoms with Gasteiger partial charge in [0.15, 0.2) is 0 Å². The van der Waals surface area contributed by atoms with E-state index in [1.807, 2.05) is 12.1 Å². The van der Waals surface area contributed by atoms with Crippen LogP contribution in [-0.2, 0) is 11.2 Å². The topological polar surface area (TPSA) is 55.8 Å². The molecule has 0 unspecified atom stereocenters. The van der Waals surface area contributed by atoms with Crippen LogP contribution >= 0.6 is 0 Å². The zero-order valence-electron chi connectivity index (χ0n) is 11.8. The minimum atomic E-state index is -0.744. The number of carbonyl (C=O) groups is 1. The third-order valence-electron chi connectivity index (χ3n) is 3.22. The second-order valence-corrected chi connectivity index (χ2v) is 4.56. The average Bonchev–Trinajstić information content (AvgIpc) is 2.43. The molecule has 0 bridgehead atoms. The molecule has 0 spiro atoms. The summed E-state index contributed by atoms with van der Waals surface area (Å²) in [5, 5.41) is 9.26. The lowest BCUT2D eigenvalue weighted by molar-refractivity contribution is -0.142. The van der Waals surface area contributed by atoms with Gasteiger partial charge < -0.3 is 14.6 Å². The minimum Gasteiger partial charge on any atom is -0.497 e. The maximum atomic E-state index is 11.3. The van der Waals surface area contributed by atoms with Crippen LogP contribution in [0.25, 0.3) is 0 Å². The Labute approximate surface area is 114 Å². The predicted octanol–water partition coefficient (Wildman–Crippen LogP) is 3.14. The molecule has 0 aliphatic heterocycles. The highest BCUT2D eigenvalue weighted by Crippen LogP contribution is 2.28. The van der Waals surface area contributed by atoms with Gasteiger partial charge >= 0.3 is 5.97 Å². The molecular weight excluding hydrogens is 244 g/mol. The van der Waals surface area contributed by atoms with E-state index < -0.39 is 5.97 Å². The highest BCUT2D eigenvalue weighted by atomic mass is 16.5. The number of aliphatic carboxylic acids is 1. The van der Waals surface area contributed by atoms with Gasteiger partial charge in [-0.3, -0.25) is 4.79 Å². The summed E-state index contributed by atoms with van der Waals surface area (Å²) in [7, 11) is 3.18. The molecule has 0 amide bonds. The van der Waals surface area contributed by atoms with E-state index in [2.05, 4.69) is 6.92 Å². The van der Waals surface area contributed by atoms with Crippen molar-refractivity contribution >= 4 is 5.97 Å². The smallest absolute Gasteiger partial charge is 0.306 e. The molecule has 4 nitrogen and oxygen atoms in total. The van der Waals surface area contributed by atoms with Crippen LogP contribution < -0.4 is 9.47 Å². The molecule has 0 aliphatic rings. The molecule has 19 heavy (non-hydrogen) atoms. The number of hydrogen-bond acceptors (Lipinski definition) is 3. The first-order valence-corrected chi connectivity index (χ1v) is 6.56. The first-order chi connectivity index (χ1) is 9.12. The van der Waals surface area contributed by atoms with Crippen LogP contribution in [0.2, 0.25) is 0 Å². The Balaban J connectivity index is 2.86. The predicted molar refractivity (Wildman–Crippen MR) is 73.9 cm³/mol. The van der Waals surface area contributed by atoms with E-state index in [1.165, 1.54) is 0 Å². The Morgan fingerprint density at radius 1 is 1.32 bits per heavy atom. The summed E-state index contributed by atoms with van der Waals surface area (Å²) in [6.45, 7) is 2.06. The quantitative estimate of drug-likeness (QED) is 0.785. The Morgan fingerprint density at radius 2 is 2.05 bits per heavy atom. The van der Waals surface area contributed by atoms with E-state index in [-0.39, 0.29) is 5.92 Å². The van der Waals surface area contributed by atoms with Crippen LogP contribution in [0.3, 0.4) is 0 Å². The van der Waals surface area contributed by atoms with E-state index in [1.54, 1.807) is 20.3 Å². The molecule has 106 valence electrons. The Morgan fingerprint density at radius 3 is 2.58 bits per heavy atom. The summed E-state index contributed by atoms with van der Waals surface area (Å²) in [6, 6.07) is 5.49. The summed E-state index contributed by atoms with van der Waals surface area (Å²) in [4.78, 5) is 11.3. The second-order valence-electron chi connectivity index (χ2n) is 4.56. The van der Waals surface area contributed by atoms with Gasteiger partial charge in [0.25, 0.3) is 0 Å². The highest BCUT2D eigenvalue weighted by molar-refractivity contribution is 5.70. The summed E-state index contributed by atoms with van der Waals surface area (Å²) < 4.78 is 10.4. The number of carboxylic acids is 1. The Kier molecular flexibility index (Phi) is 6.19. The van der Waals surface area contributed by atoms with Gasteiger partial charge in [-0.25, -0.2) is 0 Å². The van der Waals surface area contributed by atoms with Gasteiger partial charge in [0.2, 0.25) is 0 Å². The van der Waals surface area contributed by atoms with Crippen molar-refractivity contribution in [3.63, 3.8) is 0 Å². The van der Waals surface area contributed by atoms with Gasteiger partial charge in [-0.15, -0.1) is 0 Å². The van der Waals surface area contributed by atoms with Crippen molar-refractivity contribution in [2.45, 2.75) is 32.6 Å². The molecule has 1 aromatic carbocycles. The van der Waals surface area contributed by atoms with Gasteiger partial charge in [0.05, 0.1) is 20.1 Å². The summed E-state index contributed by atoms with van der Waals surface area (Å²) in [5.41, 5.74) is 0.909. The van der Waals surface area contributed by atoms with Crippen LogP contribution in [0.15, 0.2) is 18.2 Å². The number of rotatable bonds is 8. The first kappa shape index (κ1) is 15.3. The maximum absolute atomic E-state index is 11.3. The lowest BCUT2D eigenvalue weighted by Crippen LogP contribution is -2.16. The molecule has 0 saturated heterocycles. The fourth-order valence-corrected chi connectivity index (χ4v) is 2.05. The van der Waals surface area contributed by atoms with Crippen LogP contribution in [0.4, 0.5) is 0 Å². The maximum Gasteiger partial charge on any atom is 0.306 e. The van der Waals surface area contributed by atoms with E-state index in [9.17, 15) is 9.90 Å². The number of ether oxygens (including phenoxy) is 2. The highest BCUT2D eigenvalue weighted by Gasteiger charge is 2.19. The molecule has 1 rings (SSSR count).